The van der Waals surface area contributed by atoms with Gasteiger partial charge in [0.05, 0.1) is 44.3 Å². The molecule has 0 saturated carbocycles. The van der Waals surface area contributed by atoms with Crippen LogP contribution in [0.5, 0.6) is 0 Å². The molecule has 0 bridgehead atoms. The Labute approximate surface area is 114 Å². The first kappa shape index (κ1) is 14.6. The summed E-state index contributed by atoms with van der Waals surface area (Å²) in [6.45, 7) is 0.126. The van der Waals surface area contributed by atoms with Gasteiger partial charge in [-0.1, -0.05) is 0 Å². The van der Waals surface area contributed by atoms with Crippen LogP contribution in [0.3, 0.4) is 0 Å². The average molecular weight is 287 g/mol. The van der Waals surface area contributed by atoms with Crippen molar-refractivity contribution in [2.75, 3.05) is 26.1 Å². The van der Waals surface area contributed by atoms with Gasteiger partial charge in [-0.25, -0.2) is 18.6 Å². The van der Waals surface area contributed by atoms with Crippen LogP contribution in [0.25, 0.3) is 0 Å². The summed E-state index contributed by atoms with van der Waals surface area (Å²) in [5.74, 6) is -0.617. The van der Waals surface area contributed by atoms with Crippen LogP contribution in [0.4, 0.5) is 14.5 Å². The fourth-order valence-electron chi connectivity index (χ4n) is 1.99. The van der Waals surface area contributed by atoms with E-state index in [1.807, 2.05) is 0 Å². The molecule has 1 aliphatic rings. The van der Waals surface area contributed by atoms with Gasteiger partial charge < -0.3 is 15.2 Å². The molecule has 8 heteroatoms. The van der Waals surface area contributed by atoms with E-state index in [-0.39, 0.29) is 18.9 Å². The molecule has 0 aliphatic carbocycles. The van der Waals surface area contributed by atoms with E-state index in [2.05, 4.69) is 15.0 Å². The molecule has 6 nitrogen and oxygen atoms in total. The molecule has 110 valence electrons. The number of anilines is 1. The highest BCUT2D eigenvalue weighted by Crippen LogP contribution is 2.25. The number of aromatic nitrogens is 1. The highest BCUT2D eigenvalue weighted by molar-refractivity contribution is 5.87. The summed E-state index contributed by atoms with van der Waals surface area (Å²) in [5, 5.41) is 2.76. The van der Waals surface area contributed by atoms with Gasteiger partial charge in [0.15, 0.2) is 0 Å². The Morgan fingerprint density at radius 3 is 3.00 bits per heavy atom. The first-order valence-electron chi connectivity index (χ1n) is 5.98. The molecule has 1 aliphatic heterocycles. The van der Waals surface area contributed by atoms with Gasteiger partial charge >= 0.3 is 5.97 Å². The summed E-state index contributed by atoms with van der Waals surface area (Å²) < 4.78 is 35.1. The van der Waals surface area contributed by atoms with Crippen LogP contribution in [0.15, 0.2) is 12.3 Å². The van der Waals surface area contributed by atoms with Crippen molar-refractivity contribution >= 4 is 11.7 Å². The number of nitrogens with one attached hydrogen (secondary N) is 1. The number of methoxy groups -OCH3 is 1. The maximum absolute atomic E-state index is 12.7. The number of hydrogen-bond acceptors (Lipinski definition) is 6. The normalized spacial score (nSPS) is 22.8. The summed E-state index contributed by atoms with van der Waals surface area (Å²) in [4.78, 5) is 15.3. The van der Waals surface area contributed by atoms with E-state index in [4.69, 9.17) is 10.5 Å². The summed E-state index contributed by atoms with van der Waals surface area (Å²) in [7, 11) is 1.23. The minimum atomic E-state index is -2.54. The van der Waals surface area contributed by atoms with Gasteiger partial charge in [0.1, 0.15) is 5.69 Å². The van der Waals surface area contributed by atoms with Gasteiger partial charge in [0, 0.05) is 0 Å². The van der Waals surface area contributed by atoms with Crippen LogP contribution in [0.1, 0.15) is 22.1 Å². The second-order valence-electron chi connectivity index (χ2n) is 4.39. The highest BCUT2D eigenvalue weighted by atomic mass is 19.3. The van der Waals surface area contributed by atoms with Crippen molar-refractivity contribution in [3.8, 4) is 0 Å². The molecule has 0 aromatic carbocycles. The maximum atomic E-state index is 12.7. The van der Waals surface area contributed by atoms with Gasteiger partial charge in [0.25, 0.3) is 6.43 Å². The van der Waals surface area contributed by atoms with Crippen molar-refractivity contribution in [3.63, 3.8) is 0 Å². The number of nitrogens with zero attached hydrogens (tertiary/aromatic N) is 1. The number of carbonyl (C=O) groups is 1. The zero-order valence-corrected chi connectivity index (χ0v) is 10.8. The largest absolute Gasteiger partial charge is 0.464 e. The Balaban J connectivity index is 2.24. The second kappa shape index (κ2) is 6.10. The third-order valence-electron chi connectivity index (χ3n) is 3.04. The predicted octanol–water partition coefficient (Wildman–Crippen LogP) is 0.745. The third kappa shape index (κ3) is 3.02. The first-order valence-corrected chi connectivity index (χ1v) is 5.98. The minimum Gasteiger partial charge on any atom is -0.464 e. The van der Waals surface area contributed by atoms with Crippen molar-refractivity contribution in [3.05, 3.63) is 23.5 Å². The van der Waals surface area contributed by atoms with E-state index in [1.165, 1.54) is 19.4 Å². The molecule has 0 radical (unpaired) electrons. The lowest BCUT2D eigenvalue weighted by Crippen LogP contribution is -2.47. The number of alkyl halides is 2. The lowest BCUT2D eigenvalue weighted by Gasteiger charge is -2.31. The molecule has 1 saturated heterocycles. The molecule has 1 aromatic rings. The standard InChI is InChI=1S/C12H15F2N3O3/c1-19-12(18)8-2-6(7(15)3-16-8)9-4-20-5-10(17-9)11(13)14/h2-3,9-11,17H,4-5,15H2,1H3/t9-,10-/m1/s1. The maximum Gasteiger partial charge on any atom is 0.356 e. The van der Waals surface area contributed by atoms with Gasteiger partial charge in [-0.15, -0.1) is 0 Å². The number of morpholine rings is 1. The number of halogens is 2. The first-order chi connectivity index (χ1) is 9.52. The molecule has 2 rings (SSSR count). The molecule has 20 heavy (non-hydrogen) atoms. The van der Waals surface area contributed by atoms with Gasteiger partial charge in [-0.05, 0) is 11.6 Å². The lowest BCUT2D eigenvalue weighted by atomic mass is 10.0. The van der Waals surface area contributed by atoms with Crippen LogP contribution < -0.4 is 11.1 Å². The number of carbonyl (C=O) groups excluding carboxylic acids is 1. The fourth-order valence-corrected chi connectivity index (χ4v) is 1.99. The van der Waals surface area contributed by atoms with E-state index in [0.717, 1.165) is 0 Å². The summed E-state index contributed by atoms with van der Waals surface area (Å²) in [6, 6.07) is -0.159. The van der Waals surface area contributed by atoms with E-state index in [9.17, 15) is 13.6 Å². The van der Waals surface area contributed by atoms with Gasteiger partial charge in [-0.3, -0.25) is 5.32 Å². The number of ether oxygens (including phenoxy) is 2. The number of rotatable bonds is 3. The number of esters is 1. The number of pyridine rings is 1. The van der Waals surface area contributed by atoms with Crippen molar-refractivity contribution < 1.29 is 23.0 Å². The Bertz CT molecular complexity index is 499. The van der Waals surface area contributed by atoms with Crippen LogP contribution in [-0.2, 0) is 9.47 Å². The Kier molecular flexibility index (Phi) is 4.46. The second-order valence-corrected chi connectivity index (χ2v) is 4.39. The summed E-state index contributed by atoms with van der Waals surface area (Å²) in [6.07, 6.45) is -1.24. The third-order valence-corrected chi connectivity index (χ3v) is 3.04. The van der Waals surface area contributed by atoms with Crippen molar-refractivity contribution in [1.29, 1.82) is 0 Å². The SMILES string of the molecule is COC(=O)c1cc([C@H]2COC[C@H](C(F)F)N2)c(N)cn1. The zero-order chi connectivity index (χ0) is 14.7. The van der Waals surface area contributed by atoms with Crippen LogP contribution in [0, 0.1) is 0 Å². The van der Waals surface area contributed by atoms with Crippen molar-refractivity contribution in [2.45, 2.75) is 18.5 Å². The molecule has 0 unspecified atom stereocenters. The molecule has 2 atom stereocenters. The Morgan fingerprint density at radius 1 is 1.60 bits per heavy atom. The van der Waals surface area contributed by atoms with E-state index < -0.39 is 24.5 Å². The van der Waals surface area contributed by atoms with E-state index in [0.29, 0.717) is 11.3 Å². The zero-order valence-electron chi connectivity index (χ0n) is 10.8. The highest BCUT2D eigenvalue weighted by Gasteiger charge is 2.30. The number of nitrogen functional groups attached to an aromatic ring is 1. The molecule has 1 aromatic heterocycles. The molecule has 1 fully saturated rings. The van der Waals surface area contributed by atoms with E-state index in [1.54, 1.807) is 0 Å². The number of hydrogen-bond donors (Lipinski definition) is 2. The monoisotopic (exact) mass is 287 g/mol. The average Bonchev–Trinajstić information content (AvgIpc) is 2.47. The van der Waals surface area contributed by atoms with Crippen molar-refractivity contribution in [1.82, 2.24) is 10.3 Å². The smallest absolute Gasteiger partial charge is 0.356 e. The molecular weight excluding hydrogens is 272 g/mol. The van der Waals surface area contributed by atoms with Crippen LogP contribution in [-0.4, -0.2) is 43.7 Å². The molecule has 3 N–H and O–H groups in total. The summed E-state index contributed by atoms with van der Waals surface area (Å²) in [5.41, 5.74) is 6.64. The number of nitrogens with two attached hydrogens (primary N) is 1. The van der Waals surface area contributed by atoms with Crippen LogP contribution >= 0.6 is 0 Å². The topological polar surface area (TPSA) is 86.5 Å². The van der Waals surface area contributed by atoms with Gasteiger partial charge in [0.2, 0.25) is 0 Å². The van der Waals surface area contributed by atoms with Crippen molar-refractivity contribution in [2.24, 2.45) is 0 Å². The van der Waals surface area contributed by atoms with Gasteiger partial charge in [-0.2, -0.15) is 0 Å². The Hall–Kier alpha value is -1.80. The summed E-state index contributed by atoms with van der Waals surface area (Å²) >= 11 is 0. The lowest BCUT2D eigenvalue weighted by molar-refractivity contribution is -0.0175. The Morgan fingerprint density at radius 2 is 2.35 bits per heavy atom. The molecule has 0 spiro atoms. The van der Waals surface area contributed by atoms with Crippen LogP contribution in [0.2, 0.25) is 0 Å². The predicted molar refractivity (Wildman–Crippen MR) is 66.5 cm³/mol. The molecule has 0 amide bonds. The van der Waals surface area contributed by atoms with E-state index >= 15 is 0 Å². The quantitative estimate of drug-likeness (QED) is 0.798. The fraction of sp³-hybridized carbons (Fsp3) is 0.500. The molecule has 2 heterocycles. The minimum absolute atomic E-state index is 0.0665. The molecular formula is C12H15F2N3O3.